The molecule has 2 rings (SSSR count). The van der Waals surface area contributed by atoms with Gasteiger partial charge < -0.3 is 6.74 Å². The molecule has 18 heavy (non-hydrogen) atoms. The van der Waals surface area contributed by atoms with E-state index in [1.54, 1.807) is 0 Å². The molecule has 2 N–H and O–H groups in total. The normalized spacial score (nSPS) is 16.9. The minimum absolute atomic E-state index is 0. The van der Waals surface area contributed by atoms with E-state index in [2.05, 4.69) is 5.32 Å². The maximum Gasteiger partial charge on any atom is 1.00 e. The molecule has 1 heterocycles. The fraction of sp³-hybridized carbons (Fsp3) is 0.333. The number of nitrogens with one attached hydrogen (secondary N) is 1. The molecule has 1 aliphatic rings. The van der Waals surface area contributed by atoms with Crippen LogP contribution in [0.5, 0.6) is 0 Å². The fourth-order valence-corrected chi connectivity index (χ4v) is 2.72. The van der Waals surface area contributed by atoms with Crippen molar-refractivity contribution >= 4 is 21.4 Å². The van der Waals surface area contributed by atoms with Crippen molar-refractivity contribution in [1.29, 1.82) is 0 Å². The van der Waals surface area contributed by atoms with Crippen LogP contribution in [-0.2, 0) is 10.1 Å². The predicted octanol–water partition coefficient (Wildman–Crippen LogP) is -0.722. The second-order valence-corrected chi connectivity index (χ2v) is 6.24. The molecule has 0 unspecified atom stereocenters. The SMILES string of the molecule is CC1(C)C=C(CS(=O)(=O)O)c2ccccc2N1.[H-].[Na+]. The van der Waals surface area contributed by atoms with Gasteiger partial charge in [0.25, 0.3) is 10.1 Å². The number of fused-ring (bicyclic) bond motifs is 1. The monoisotopic (exact) mass is 277 g/mol. The molecule has 4 nitrogen and oxygen atoms in total. The van der Waals surface area contributed by atoms with E-state index in [0.29, 0.717) is 5.57 Å². The molecule has 0 aliphatic carbocycles. The van der Waals surface area contributed by atoms with Crippen LogP contribution < -0.4 is 34.9 Å². The van der Waals surface area contributed by atoms with Gasteiger partial charge in [-0.3, -0.25) is 4.55 Å². The minimum Gasteiger partial charge on any atom is -1.00 e. The Labute approximate surface area is 131 Å². The Morgan fingerprint density at radius 2 is 1.94 bits per heavy atom. The Morgan fingerprint density at radius 1 is 1.33 bits per heavy atom. The van der Waals surface area contributed by atoms with Gasteiger partial charge in [-0.25, -0.2) is 0 Å². The van der Waals surface area contributed by atoms with Crippen molar-refractivity contribution in [3.8, 4) is 0 Å². The van der Waals surface area contributed by atoms with E-state index in [4.69, 9.17) is 4.55 Å². The molecular formula is C12H16NNaO3S. The molecule has 1 aromatic rings. The Hall–Kier alpha value is -0.330. The summed E-state index contributed by atoms with van der Waals surface area (Å²) in [5.41, 5.74) is 2.02. The number of benzene rings is 1. The van der Waals surface area contributed by atoms with Gasteiger partial charge in [0, 0.05) is 11.3 Å². The third-order valence-corrected chi connectivity index (χ3v) is 3.28. The van der Waals surface area contributed by atoms with Crippen LogP contribution in [0.25, 0.3) is 5.57 Å². The van der Waals surface area contributed by atoms with Crippen LogP contribution in [0.1, 0.15) is 20.8 Å². The molecule has 0 spiro atoms. The Bertz CT molecular complexity index is 584. The van der Waals surface area contributed by atoms with Crippen molar-refractivity contribution in [3.05, 3.63) is 35.9 Å². The first-order chi connectivity index (χ1) is 7.77. The summed E-state index contributed by atoms with van der Waals surface area (Å²) in [5, 5.41) is 3.30. The van der Waals surface area contributed by atoms with Crippen molar-refractivity contribution in [1.82, 2.24) is 0 Å². The second kappa shape index (κ2) is 5.35. The summed E-state index contributed by atoms with van der Waals surface area (Å²) in [6, 6.07) is 7.47. The molecule has 0 saturated carbocycles. The maximum atomic E-state index is 11.0. The van der Waals surface area contributed by atoms with Gasteiger partial charge in [0.2, 0.25) is 0 Å². The first kappa shape index (κ1) is 15.7. The minimum atomic E-state index is -4.01. The Balaban J connectivity index is 0.00000162. The van der Waals surface area contributed by atoms with Crippen molar-refractivity contribution in [3.63, 3.8) is 0 Å². The number of rotatable bonds is 2. The summed E-state index contributed by atoms with van der Waals surface area (Å²) in [7, 11) is -4.01. The smallest absolute Gasteiger partial charge is 1.00 e. The van der Waals surface area contributed by atoms with Gasteiger partial charge in [-0.2, -0.15) is 8.42 Å². The average Bonchev–Trinajstić information content (AvgIpc) is 2.13. The molecule has 0 saturated heterocycles. The first-order valence-electron chi connectivity index (χ1n) is 5.31. The number of hydrogen-bond donors (Lipinski definition) is 2. The van der Waals surface area contributed by atoms with Crippen LogP contribution in [0.15, 0.2) is 30.3 Å². The second-order valence-electron chi connectivity index (χ2n) is 4.79. The molecule has 0 aromatic heterocycles. The molecular weight excluding hydrogens is 261 g/mol. The van der Waals surface area contributed by atoms with E-state index in [-0.39, 0.29) is 42.3 Å². The molecule has 0 radical (unpaired) electrons. The van der Waals surface area contributed by atoms with E-state index in [0.717, 1.165) is 11.3 Å². The summed E-state index contributed by atoms with van der Waals surface area (Å²) >= 11 is 0. The van der Waals surface area contributed by atoms with Crippen LogP contribution in [0.4, 0.5) is 5.69 Å². The molecule has 0 bridgehead atoms. The summed E-state index contributed by atoms with van der Waals surface area (Å²) in [5.74, 6) is -0.352. The van der Waals surface area contributed by atoms with Gasteiger partial charge in [0.1, 0.15) is 5.75 Å². The van der Waals surface area contributed by atoms with E-state index in [1.807, 2.05) is 44.2 Å². The predicted molar refractivity (Wildman–Crippen MR) is 69.6 cm³/mol. The molecule has 94 valence electrons. The third-order valence-electron chi connectivity index (χ3n) is 2.60. The number of anilines is 1. The van der Waals surface area contributed by atoms with Crippen LogP contribution >= 0.6 is 0 Å². The van der Waals surface area contributed by atoms with E-state index < -0.39 is 10.1 Å². The molecule has 0 amide bonds. The standard InChI is InChI=1S/C12H15NO3S.Na.H/c1-12(2)7-9(8-17(14,15)16)10-5-3-4-6-11(10)13-12;;/h3-7,13H,8H2,1-2H3,(H,14,15,16);;/q;+1;-1. The Morgan fingerprint density at radius 3 is 2.56 bits per heavy atom. The van der Waals surface area contributed by atoms with Gasteiger partial charge in [0.05, 0.1) is 5.54 Å². The topological polar surface area (TPSA) is 66.4 Å². The average molecular weight is 277 g/mol. The van der Waals surface area contributed by atoms with Crippen molar-refractivity contribution < 1.29 is 44.0 Å². The fourth-order valence-electron chi connectivity index (χ4n) is 2.08. The summed E-state index contributed by atoms with van der Waals surface area (Å²) in [4.78, 5) is 0. The quantitative estimate of drug-likeness (QED) is 0.553. The first-order valence-corrected chi connectivity index (χ1v) is 6.92. The van der Waals surface area contributed by atoms with Crippen molar-refractivity contribution in [2.45, 2.75) is 19.4 Å². The maximum absolute atomic E-state index is 11.0. The van der Waals surface area contributed by atoms with Crippen LogP contribution in [-0.4, -0.2) is 24.3 Å². The zero-order chi connectivity index (χ0) is 12.7. The van der Waals surface area contributed by atoms with Crippen LogP contribution in [0.3, 0.4) is 0 Å². The zero-order valence-corrected chi connectivity index (χ0v) is 13.6. The number of para-hydroxylation sites is 1. The number of hydrogen-bond acceptors (Lipinski definition) is 3. The van der Waals surface area contributed by atoms with E-state index >= 15 is 0 Å². The van der Waals surface area contributed by atoms with Gasteiger partial charge in [-0.15, -0.1) is 0 Å². The molecule has 1 aliphatic heterocycles. The molecule has 6 heteroatoms. The van der Waals surface area contributed by atoms with Crippen molar-refractivity contribution in [2.24, 2.45) is 0 Å². The van der Waals surface area contributed by atoms with Gasteiger partial charge in [0.15, 0.2) is 0 Å². The summed E-state index contributed by atoms with van der Waals surface area (Å²) < 4.78 is 31.0. The van der Waals surface area contributed by atoms with Gasteiger partial charge >= 0.3 is 29.6 Å². The zero-order valence-electron chi connectivity index (χ0n) is 11.8. The molecule has 0 atom stereocenters. The summed E-state index contributed by atoms with van der Waals surface area (Å²) in [6.45, 7) is 3.90. The Kier molecular flexibility index (Phi) is 4.67. The van der Waals surface area contributed by atoms with Crippen LogP contribution in [0, 0.1) is 0 Å². The third kappa shape index (κ3) is 3.83. The summed E-state index contributed by atoms with van der Waals surface area (Å²) in [6.07, 6.45) is 1.84. The van der Waals surface area contributed by atoms with E-state index in [9.17, 15) is 8.42 Å². The largest absolute Gasteiger partial charge is 1.00 e. The molecule has 1 aromatic carbocycles. The van der Waals surface area contributed by atoms with E-state index in [1.165, 1.54) is 0 Å². The van der Waals surface area contributed by atoms with Gasteiger partial charge in [-0.1, -0.05) is 24.3 Å². The molecule has 0 fully saturated rings. The van der Waals surface area contributed by atoms with Crippen LogP contribution in [0.2, 0.25) is 0 Å². The van der Waals surface area contributed by atoms with Gasteiger partial charge in [-0.05, 0) is 25.5 Å². The van der Waals surface area contributed by atoms with Crippen molar-refractivity contribution in [2.75, 3.05) is 11.1 Å².